The van der Waals surface area contributed by atoms with E-state index in [4.69, 9.17) is 0 Å². The van der Waals surface area contributed by atoms with Crippen molar-refractivity contribution in [1.29, 1.82) is 0 Å². The Balaban J connectivity index is 1.40. The Labute approximate surface area is 176 Å². The Bertz CT molecular complexity index is 1050. The highest BCUT2D eigenvalue weighted by molar-refractivity contribution is 6.01. The third kappa shape index (κ3) is 3.33. The maximum Gasteiger partial charge on any atom is 0.257 e. The van der Waals surface area contributed by atoms with Crippen LogP contribution in [0.25, 0.3) is 16.8 Å². The summed E-state index contributed by atoms with van der Waals surface area (Å²) in [5, 5.41) is 4.55. The molecule has 0 bridgehead atoms. The fourth-order valence-corrected chi connectivity index (χ4v) is 4.36. The normalized spacial score (nSPS) is 17.6. The molecule has 0 aliphatic carbocycles. The largest absolute Gasteiger partial charge is 0.353 e. The van der Waals surface area contributed by atoms with Gasteiger partial charge in [-0.25, -0.2) is 9.50 Å². The van der Waals surface area contributed by atoms with Crippen LogP contribution in [0, 0.1) is 0 Å². The number of fused-ring (bicyclic) bond motifs is 1. The van der Waals surface area contributed by atoms with Crippen LogP contribution in [-0.4, -0.2) is 76.6 Å². The summed E-state index contributed by atoms with van der Waals surface area (Å²) in [6, 6.07) is 10.7. The number of likely N-dealkylation sites (N-methyl/N-ethyl adjacent to an activating group) is 1. The Morgan fingerprint density at radius 3 is 2.53 bits per heavy atom. The van der Waals surface area contributed by atoms with Crippen LogP contribution >= 0.6 is 0 Å². The zero-order valence-electron chi connectivity index (χ0n) is 17.7. The van der Waals surface area contributed by atoms with Crippen LogP contribution in [0.3, 0.4) is 0 Å². The van der Waals surface area contributed by atoms with Gasteiger partial charge in [0.2, 0.25) is 0 Å². The van der Waals surface area contributed by atoms with Gasteiger partial charge in [-0.1, -0.05) is 6.07 Å². The molecule has 0 N–H and O–H groups in total. The van der Waals surface area contributed by atoms with E-state index in [1.807, 2.05) is 33.8 Å². The zero-order chi connectivity index (χ0) is 20.7. The number of nitrogens with zero attached hydrogens (tertiary/aromatic N) is 6. The molecule has 1 amide bonds. The molecule has 30 heavy (non-hydrogen) atoms. The van der Waals surface area contributed by atoms with E-state index in [2.05, 4.69) is 46.1 Å². The van der Waals surface area contributed by atoms with E-state index >= 15 is 0 Å². The summed E-state index contributed by atoms with van der Waals surface area (Å²) >= 11 is 0. The number of carbonyl (C=O) groups is 1. The molecule has 5 rings (SSSR count). The lowest BCUT2D eigenvalue weighted by molar-refractivity contribution is 0.0726. The van der Waals surface area contributed by atoms with Crippen LogP contribution in [0.1, 0.15) is 29.6 Å². The van der Waals surface area contributed by atoms with Crippen molar-refractivity contribution in [2.24, 2.45) is 0 Å². The van der Waals surface area contributed by atoms with Gasteiger partial charge in [0.15, 0.2) is 0 Å². The molecule has 3 aromatic heterocycles. The molecule has 2 saturated heterocycles. The molecule has 0 radical (unpaired) electrons. The highest BCUT2D eigenvalue weighted by atomic mass is 16.2. The van der Waals surface area contributed by atoms with Gasteiger partial charge in [-0.3, -0.25) is 4.79 Å². The third-order valence-corrected chi connectivity index (χ3v) is 6.38. The molecule has 0 saturated carbocycles. The van der Waals surface area contributed by atoms with Crippen LogP contribution in [-0.2, 0) is 0 Å². The Kier molecular flexibility index (Phi) is 4.90. The molecule has 7 heteroatoms. The van der Waals surface area contributed by atoms with Gasteiger partial charge in [-0.15, -0.1) is 0 Å². The maximum absolute atomic E-state index is 13.0. The smallest absolute Gasteiger partial charge is 0.257 e. The van der Waals surface area contributed by atoms with Gasteiger partial charge in [-0.05, 0) is 57.6 Å². The molecule has 2 fully saturated rings. The van der Waals surface area contributed by atoms with Crippen molar-refractivity contribution in [3.8, 4) is 11.3 Å². The van der Waals surface area contributed by atoms with Crippen molar-refractivity contribution in [3.63, 3.8) is 0 Å². The molecule has 5 heterocycles. The molecular weight excluding hydrogens is 376 g/mol. The van der Waals surface area contributed by atoms with E-state index in [0.717, 1.165) is 61.6 Å². The van der Waals surface area contributed by atoms with Gasteiger partial charge in [0.05, 0.1) is 23.0 Å². The van der Waals surface area contributed by atoms with Gasteiger partial charge in [0.25, 0.3) is 5.91 Å². The van der Waals surface area contributed by atoms with Crippen molar-refractivity contribution < 1.29 is 4.79 Å². The summed E-state index contributed by atoms with van der Waals surface area (Å²) in [7, 11) is 4.24. The predicted octanol–water partition coefficient (Wildman–Crippen LogP) is 2.77. The Hall–Kier alpha value is -2.93. The first-order chi connectivity index (χ1) is 14.6. The van der Waals surface area contributed by atoms with Gasteiger partial charge in [-0.2, -0.15) is 5.10 Å². The summed E-state index contributed by atoms with van der Waals surface area (Å²) in [6.45, 7) is 3.70. The lowest BCUT2D eigenvalue weighted by Gasteiger charge is -2.43. The maximum atomic E-state index is 13.0. The molecule has 0 unspecified atom stereocenters. The molecule has 0 spiro atoms. The summed E-state index contributed by atoms with van der Waals surface area (Å²) in [4.78, 5) is 24.2. The average Bonchev–Trinajstić information content (AvgIpc) is 3.17. The summed E-state index contributed by atoms with van der Waals surface area (Å²) in [5.74, 6) is 1.09. The number of anilines is 1. The highest BCUT2D eigenvalue weighted by Crippen LogP contribution is 2.26. The van der Waals surface area contributed by atoms with Crippen LogP contribution in [0.2, 0.25) is 0 Å². The van der Waals surface area contributed by atoms with Crippen molar-refractivity contribution >= 4 is 17.2 Å². The molecule has 2 aliphatic rings. The first kappa shape index (κ1) is 19.1. The fourth-order valence-electron chi connectivity index (χ4n) is 4.36. The minimum atomic E-state index is 0.0866. The van der Waals surface area contributed by atoms with Crippen molar-refractivity contribution in [2.45, 2.75) is 25.3 Å². The number of piperidine rings is 1. The molecule has 0 aromatic carbocycles. The minimum Gasteiger partial charge on any atom is -0.353 e. The highest BCUT2D eigenvalue weighted by Gasteiger charge is 2.29. The van der Waals surface area contributed by atoms with Crippen LogP contribution < -0.4 is 4.90 Å². The number of aromatic nitrogens is 3. The van der Waals surface area contributed by atoms with E-state index in [9.17, 15) is 4.79 Å². The van der Waals surface area contributed by atoms with Crippen molar-refractivity contribution in [1.82, 2.24) is 24.4 Å². The van der Waals surface area contributed by atoms with Gasteiger partial charge >= 0.3 is 0 Å². The van der Waals surface area contributed by atoms with Crippen LogP contribution in [0.15, 0.2) is 42.7 Å². The topological polar surface area (TPSA) is 57.0 Å². The van der Waals surface area contributed by atoms with Crippen molar-refractivity contribution in [2.75, 3.05) is 45.2 Å². The fraction of sp³-hybridized carbons (Fsp3) is 0.435. The standard InChI is InChI=1S/C23H28N6O/c1-26(2)18-15-28(16-18)22-10-9-17(13-24-22)20-7-6-8-21-19(14-25-29(20)21)23(30)27-11-4-3-5-12-27/h6-10,13-14,18H,3-5,11-12,15-16H2,1-2H3. The van der Waals surface area contributed by atoms with Gasteiger partial charge in [0.1, 0.15) is 5.82 Å². The number of pyridine rings is 2. The molecule has 7 nitrogen and oxygen atoms in total. The molecule has 0 atom stereocenters. The van der Waals surface area contributed by atoms with Crippen LogP contribution in [0.4, 0.5) is 5.82 Å². The number of hydrogen-bond donors (Lipinski definition) is 0. The number of carbonyl (C=O) groups excluding carboxylic acids is 1. The van der Waals surface area contributed by atoms with Crippen LogP contribution in [0.5, 0.6) is 0 Å². The molecule has 3 aromatic rings. The first-order valence-corrected chi connectivity index (χ1v) is 10.8. The number of amides is 1. The van der Waals surface area contributed by atoms with E-state index < -0.39 is 0 Å². The Morgan fingerprint density at radius 1 is 1.03 bits per heavy atom. The monoisotopic (exact) mass is 404 g/mol. The lowest BCUT2D eigenvalue weighted by Crippen LogP contribution is -2.57. The van der Waals surface area contributed by atoms with Crippen molar-refractivity contribution in [3.05, 3.63) is 48.3 Å². The van der Waals surface area contributed by atoms with E-state index in [1.165, 1.54) is 6.42 Å². The number of rotatable bonds is 4. The lowest BCUT2D eigenvalue weighted by atomic mass is 10.1. The second-order valence-electron chi connectivity index (χ2n) is 8.55. The van der Waals surface area contributed by atoms with Gasteiger partial charge in [0, 0.05) is 44.0 Å². The summed E-state index contributed by atoms with van der Waals surface area (Å²) in [5.41, 5.74) is 3.47. The minimum absolute atomic E-state index is 0.0866. The van der Waals surface area contributed by atoms with Gasteiger partial charge < -0.3 is 14.7 Å². The number of likely N-dealkylation sites (tertiary alicyclic amines) is 1. The predicted molar refractivity (Wildman–Crippen MR) is 118 cm³/mol. The molecular formula is C23H28N6O. The SMILES string of the molecule is CN(C)C1CN(c2ccc(-c3cccc4c(C(=O)N5CCCCC5)cnn34)cn2)C1. The second-order valence-corrected chi connectivity index (χ2v) is 8.55. The molecule has 156 valence electrons. The average molecular weight is 405 g/mol. The second kappa shape index (κ2) is 7.72. The first-order valence-electron chi connectivity index (χ1n) is 10.8. The quantitative estimate of drug-likeness (QED) is 0.669. The van der Waals surface area contributed by atoms with E-state index in [0.29, 0.717) is 11.6 Å². The zero-order valence-corrected chi connectivity index (χ0v) is 17.7. The van der Waals surface area contributed by atoms with E-state index in [1.54, 1.807) is 6.20 Å². The summed E-state index contributed by atoms with van der Waals surface area (Å²) < 4.78 is 1.86. The summed E-state index contributed by atoms with van der Waals surface area (Å²) in [6.07, 6.45) is 6.99. The molecule has 2 aliphatic heterocycles. The third-order valence-electron chi connectivity index (χ3n) is 6.38. The number of hydrogen-bond acceptors (Lipinski definition) is 5. The Morgan fingerprint density at radius 2 is 1.83 bits per heavy atom. The van der Waals surface area contributed by atoms with E-state index in [-0.39, 0.29) is 5.91 Å².